The fraction of sp³-hybridized carbons (Fsp3) is 0. The molecule has 0 aliphatic carbocycles. The molecule has 0 radical (unpaired) electrons. The first-order chi connectivity index (χ1) is 12.6. The molecule has 3 aromatic rings. The summed E-state index contributed by atoms with van der Waals surface area (Å²) in [6.07, 6.45) is 0. The second kappa shape index (κ2) is 7.09. The fourth-order valence-corrected chi connectivity index (χ4v) is 7.29. The third kappa shape index (κ3) is 3.08. The number of fused-ring (bicyclic) bond motifs is 1. The van der Waals surface area contributed by atoms with Crippen LogP contribution < -0.4 is 3.11 Å². The minimum absolute atomic E-state index is 0.129. The molecule has 6 heteroatoms. The summed E-state index contributed by atoms with van der Waals surface area (Å²) < 4.78 is 8.35. The van der Waals surface area contributed by atoms with E-state index in [1.54, 1.807) is 33.4 Å². The van der Waals surface area contributed by atoms with Crippen molar-refractivity contribution in [1.82, 2.24) is 0 Å². The van der Waals surface area contributed by atoms with E-state index in [4.69, 9.17) is 14.7 Å². The molecule has 0 unspecified atom stereocenters. The van der Waals surface area contributed by atoms with Gasteiger partial charge in [0.15, 0.2) is 0 Å². The Morgan fingerprint density at radius 1 is 0.923 bits per heavy atom. The summed E-state index contributed by atoms with van der Waals surface area (Å²) in [5.41, 5.74) is 1.71. The Hall–Kier alpha value is -2.38. The van der Waals surface area contributed by atoms with Crippen molar-refractivity contribution >= 4 is 49.7 Å². The van der Waals surface area contributed by atoms with Crippen molar-refractivity contribution in [2.24, 2.45) is 0 Å². The molecule has 0 fully saturated rings. The summed E-state index contributed by atoms with van der Waals surface area (Å²) in [6, 6.07) is 23.2. The van der Waals surface area contributed by atoms with Crippen LogP contribution in [0.2, 0.25) is 5.02 Å². The van der Waals surface area contributed by atoms with Crippen molar-refractivity contribution in [3.05, 3.63) is 98.6 Å². The van der Waals surface area contributed by atoms with Crippen LogP contribution in [0.1, 0.15) is 20.7 Å². The van der Waals surface area contributed by atoms with Crippen LogP contribution in [0.25, 0.3) is 0 Å². The number of para-hydroxylation sites is 1. The first-order valence-corrected chi connectivity index (χ1v) is 11.1. The zero-order valence-corrected chi connectivity index (χ0v) is 16.3. The quantitative estimate of drug-likeness (QED) is 0.377. The molecule has 0 aromatic heterocycles. The molecule has 0 saturated heterocycles. The zero-order valence-electron chi connectivity index (χ0n) is 13.4. The van der Waals surface area contributed by atoms with E-state index in [2.05, 4.69) is 0 Å². The van der Waals surface area contributed by atoms with Crippen LogP contribution in [-0.2, 0) is 3.07 Å². The molecule has 130 valence electrons. The van der Waals surface area contributed by atoms with Crippen molar-refractivity contribution in [2.75, 3.05) is 3.11 Å². The second-order valence-electron chi connectivity index (χ2n) is 5.51. The van der Waals surface area contributed by atoms with E-state index >= 15 is 0 Å². The molecule has 0 saturated carbocycles. The average Bonchev–Trinajstić information content (AvgIpc) is 2.95. The number of anilines is 1. The van der Waals surface area contributed by atoms with E-state index in [0.29, 0.717) is 16.1 Å². The predicted octanol–water partition coefficient (Wildman–Crippen LogP) is 5.36. The van der Waals surface area contributed by atoms with Gasteiger partial charge in [-0.05, 0) is 0 Å². The van der Waals surface area contributed by atoms with E-state index in [9.17, 15) is 9.59 Å². The molecule has 26 heavy (non-hydrogen) atoms. The molecule has 4 rings (SSSR count). The summed E-state index contributed by atoms with van der Waals surface area (Å²) >= 11 is 3.23. The number of hydrogen-bond acceptors (Lipinski definition) is 3. The summed E-state index contributed by atoms with van der Waals surface area (Å²) in [6.45, 7) is 0. The number of benzene rings is 3. The fourth-order valence-electron chi connectivity index (χ4n) is 2.61. The average molecular weight is 478 g/mol. The first-order valence-electron chi connectivity index (χ1n) is 7.82. The Bertz CT molecular complexity index is 993. The van der Waals surface area contributed by atoms with Gasteiger partial charge >= 0.3 is 164 Å². The van der Waals surface area contributed by atoms with E-state index < -0.39 is 26.5 Å². The summed E-state index contributed by atoms with van der Waals surface area (Å²) in [4.78, 5) is 25.6. The van der Waals surface area contributed by atoms with Gasteiger partial charge in [-0.1, -0.05) is 0 Å². The molecular formula is C20H13ClINO3. The van der Waals surface area contributed by atoms with Crippen molar-refractivity contribution < 1.29 is 12.7 Å². The minimum atomic E-state index is -2.75. The number of nitrogens with zero attached hydrogens (tertiary/aromatic N) is 1. The zero-order chi connectivity index (χ0) is 18.1. The Labute approximate surface area is 163 Å². The molecule has 1 aliphatic rings. The van der Waals surface area contributed by atoms with Crippen molar-refractivity contribution in [2.45, 2.75) is 0 Å². The number of hydrogen-bond donors (Lipinski definition) is 0. The Morgan fingerprint density at radius 2 is 1.65 bits per heavy atom. The van der Waals surface area contributed by atoms with Gasteiger partial charge in [0.05, 0.1) is 0 Å². The topological polar surface area (TPSA) is 46.6 Å². The SMILES string of the molecule is O=C(OI1c2ccccc2C(=O)N1c1ccccc1)c1cccc(Cl)c1. The standard InChI is InChI=1S/C20H13ClINO3/c21-15-8-6-7-14(13-15)20(25)26-22-18-12-5-4-11-17(18)19(24)23(22)16-9-2-1-3-10-16/h1-13H. The Balaban J connectivity index is 1.73. The molecule has 0 spiro atoms. The molecule has 0 bridgehead atoms. The number of rotatable bonds is 3. The molecule has 1 heterocycles. The van der Waals surface area contributed by atoms with Gasteiger partial charge in [-0.15, -0.1) is 0 Å². The summed E-state index contributed by atoms with van der Waals surface area (Å²) in [5, 5.41) is 0.464. The number of amides is 1. The molecular weight excluding hydrogens is 465 g/mol. The third-order valence-electron chi connectivity index (χ3n) is 3.80. The Kier molecular flexibility index (Phi) is 4.65. The molecule has 0 atom stereocenters. The van der Waals surface area contributed by atoms with E-state index in [-0.39, 0.29) is 5.91 Å². The number of carbonyl (C=O) groups is 2. The monoisotopic (exact) mass is 477 g/mol. The van der Waals surface area contributed by atoms with E-state index in [1.165, 1.54) is 0 Å². The van der Waals surface area contributed by atoms with Gasteiger partial charge in [0.2, 0.25) is 0 Å². The maximum absolute atomic E-state index is 12.9. The van der Waals surface area contributed by atoms with Crippen molar-refractivity contribution in [1.29, 1.82) is 0 Å². The first kappa shape index (κ1) is 17.1. The van der Waals surface area contributed by atoms with Gasteiger partial charge in [-0.25, -0.2) is 0 Å². The molecule has 0 N–H and O–H groups in total. The predicted molar refractivity (Wildman–Crippen MR) is 109 cm³/mol. The molecule has 1 aliphatic heterocycles. The number of halogens is 2. The molecule has 4 nitrogen and oxygen atoms in total. The van der Waals surface area contributed by atoms with Crippen LogP contribution in [0.15, 0.2) is 78.9 Å². The van der Waals surface area contributed by atoms with Gasteiger partial charge in [-0.2, -0.15) is 0 Å². The van der Waals surface area contributed by atoms with Gasteiger partial charge in [0, 0.05) is 0 Å². The van der Waals surface area contributed by atoms with Crippen molar-refractivity contribution in [3.63, 3.8) is 0 Å². The van der Waals surface area contributed by atoms with Crippen LogP contribution in [0.4, 0.5) is 5.69 Å². The van der Waals surface area contributed by atoms with E-state index in [0.717, 1.165) is 9.26 Å². The second-order valence-corrected chi connectivity index (χ2v) is 9.83. The van der Waals surface area contributed by atoms with Crippen LogP contribution in [0, 0.1) is 3.57 Å². The van der Waals surface area contributed by atoms with Crippen LogP contribution in [-0.4, -0.2) is 11.9 Å². The molecule has 1 amide bonds. The normalized spacial score (nSPS) is 14.3. The number of carbonyl (C=O) groups excluding carboxylic acids is 2. The van der Waals surface area contributed by atoms with Crippen molar-refractivity contribution in [3.8, 4) is 0 Å². The van der Waals surface area contributed by atoms with Gasteiger partial charge in [0.1, 0.15) is 0 Å². The van der Waals surface area contributed by atoms with Crippen LogP contribution in [0.5, 0.6) is 0 Å². The summed E-state index contributed by atoms with van der Waals surface area (Å²) in [7, 11) is 0. The summed E-state index contributed by atoms with van der Waals surface area (Å²) in [5.74, 6) is -0.598. The van der Waals surface area contributed by atoms with Crippen LogP contribution in [0.3, 0.4) is 0 Å². The maximum atomic E-state index is 12.9. The molecule has 3 aromatic carbocycles. The van der Waals surface area contributed by atoms with E-state index in [1.807, 2.05) is 48.5 Å². The van der Waals surface area contributed by atoms with Gasteiger partial charge < -0.3 is 0 Å². The van der Waals surface area contributed by atoms with Gasteiger partial charge in [0.25, 0.3) is 0 Å². The van der Waals surface area contributed by atoms with Crippen LogP contribution >= 0.6 is 32.1 Å². The van der Waals surface area contributed by atoms with Gasteiger partial charge in [-0.3, -0.25) is 0 Å². The third-order valence-corrected chi connectivity index (χ3v) is 8.66. The Morgan fingerprint density at radius 3 is 2.42 bits per heavy atom.